The number of hydrogen-bond donors (Lipinski definition) is 0. The number of aryl methyl sites for hydroxylation is 2. The Morgan fingerprint density at radius 3 is 1.62 bits per heavy atom. The van der Waals surface area contributed by atoms with Gasteiger partial charge in [0, 0.05) is 48.9 Å². The zero-order valence-electron chi connectivity index (χ0n) is 29.2. The summed E-state index contributed by atoms with van der Waals surface area (Å²) in [5.41, 5.74) is 1.34. The molecule has 1 aromatic carbocycles. The van der Waals surface area contributed by atoms with Crippen LogP contribution >= 0.6 is 56.7 Å². The van der Waals surface area contributed by atoms with Crippen molar-refractivity contribution in [2.24, 2.45) is 23.7 Å². The summed E-state index contributed by atoms with van der Waals surface area (Å²) in [5.74, 6) is 3.29. The first kappa shape index (κ1) is 35.1. The fraction of sp³-hybridized carbons (Fsp3) is 0.476. The van der Waals surface area contributed by atoms with Gasteiger partial charge in [-0.3, -0.25) is 0 Å². The second-order valence-electron chi connectivity index (χ2n) is 14.8. The van der Waals surface area contributed by atoms with Gasteiger partial charge in [0.1, 0.15) is 0 Å². The molecule has 2 atom stereocenters. The zero-order chi connectivity index (χ0) is 32.9. The van der Waals surface area contributed by atoms with E-state index in [0.29, 0.717) is 0 Å². The quantitative estimate of drug-likeness (QED) is 0.0881. The highest BCUT2D eigenvalue weighted by atomic mass is 32.1. The molecule has 0 spiro atoms. The van der Waals surface area contributed by atoms with Crippen molar-refractivity contribution in [3.8, 4) is 29.9 Å². The highest BCUT2D eigenvalue weighted by Gasteiger charge is 2.15. The third-order valence-corrected chi connectivity index (χ3v) is 15.8. The molecule has 5 heteroatoms. The molecule has 0 aliphatic carbocycles. The molecule has 0 radical (unpaired) electrons. The fourth-order valence-corrected chi connectivity index (χ4v) is 12.3. The van der Waals surface area contributed by atoms with Crippen molar-refractivity contribution in [2.45, 2.75) is 106 Å². The molecule has 0 saturated heterocycles. The van der Waals surface area contributed by atoms with Crippen molar-refractivity contribution in [2.75, 3.05) is 0 Å². The summed E-state index contributed by atoms with van der Waals surface area (Å²) in [7, 11) is 0. The van der Waals surface area contributed by atoms with Gasteiger partial charge in [0.15, 0.2) is 0 Å². The maximum atomic E-state index is 2.44. The second-order valence-corrected chi connectivity index (χ2v) is 20.3. The van der Waals surface area contributed by atoms with Crippen LogP contribution in [0.1, 0.15) is 103 Å². The van der Waals surface area contributed by atoms with Crippen LogP contribution < -0.4 is 0 Å². The second kappa shape index (κ2) is 16.3. The van der Waals surface area contributed by atoms with E-state index in [4.69, 9.17) is 0 Å². The van der Waals surface area contributed by atoms with E-state index in [1.165, 1.54) is 123 Å². The van der Waals surface area contributed by atoms with Crippen molar-refractivity contribution >= 4 is 76.2 Å². The molecule has 5 heterocycles. The molecule has 0 saturated carbocycles. The van der Waals surface area contributed by atoms with Crippen LogP contribution in [0.25, 0.3) is 49.4 Å². The van der Waals surface area contributed by atoms with Crippen molar-refractivity contribution in [1.29, 1.82) is 0 Å². The van der Waals surface area contributed by atoms with Gasteiger partial charge in [0.2, 0.25) is 0 Å². The Hall–Kier alpha value is -1.76. The van der Waals surface area contributed by atoms with Crippen molar-refractivity contribution in [3.63, 3.8) is 0 Å². The number of rotatable bonds is 17. The number of thiophene rings is 5. The molecule has 0 N–H and O–H groups in total. The molecule has 5 aromatic heterocycles. The van der Waals surface area contributed by atoms with E-state index in [2.05, 4.69) is 102 Å². The minimum atomic E-state index is 0.818. The molecule has 47 heavy (non-hydrogen) atoms. The zero-order valence-corrected chi connectivity index (χ0v) is 33.3. The molecule has 0 bridgehead atoms. The summed E-state index contributed by atoms with van der Waals surface area (Å²) in [4.78, 5) is 10.1. The summed E-state index contributed by atoms with van der Waals surface area (Å²) in [5, 5.41) is 1.41. The fourth-order valence-electron chi connectivity index (χ4n) is 6.56. The normalized spacial score (nSPS) is 13.5. The molecule has 250 valence electrons. The van der Waals surface area contributed by atoms with E-state index in [0.717, 1.165) is 23.7 Å². The lowest BCUT2D eigenvalue weighted by Gasteiger charge is -2.11. The minimum Gasteiger partial charge on any atom is -0.139 e. The van der Waals surface area contributed by atoms with Gasteiger partial charge >= 0.3 is 0 Å². The summed E-state index contributed by atoms with van der Waals surface area (Å²) in [6, 6.07) is 23.7. The van der Waals surface area contributed by atoms with Gasteiger partial charge in [-0.05, 0) is 103 Å². The lowest BCUT2D eigenvalue weighted by Crippen LogP contribution is -1.98. The van der Waals surface area contributed by atoms with Crippen molar-refractivity contribution in [1.82, 2.24) is 0 Å². The predicted octanol–water partition coefficient (Wildman–Crippen LogP) is 16.1. The van der Waals surface area contributed by atoms with Crippen LogP contribution in [0.4, 0.5) is 0 Å². The van der Waals surface area contributed by atoms with Crippen LogP contribution in [0.5, 0.6) is 0 Å². The van der Waals surface area contributed by atoms with E-state index in [1.807, 2.05) is 56.7 Å². The average Bonchev–Trinajstić information content (AvgIpc) is 3.86. The molecule has 0 fully saturated rings. The van der Waals surface area contributed by atoms with Crippen molar-refractivity contribution < 1.29 is 0 Å². The van der Waals surface area contributed by atoms with Gasteiger partial charge in [0.25, 0.3) is 0 Å². The van der Waals surface area contributed by atoms with Crippen LogP contribution in [-0.2, 0) is 12.8 Å². The van der Waals surface area contributed by atoms with Crippen LogP contribution in [0.3, 0.4) is 0 Å². The summed E-state index contributed by atoms with van der Waals surface area (Å²) < 4.78 is 4.29. The average molecular weight is 717 g/mol. The first-order valence-electron chi connectivity index (χ1n) is 18.0. The first-order valence-corrected chi connectivity index (χ1v) is 22.0. The molecule has 0 aliphatic heterocycles. The number of fused-ring (bicyclic) bond motifs is 3. The van der Waals surface area contributed by atoms with Crippen LogP contribution in [0.2, 0.25) is 0 Å². The number of hydrogen-bond acceptors (Lipinski definition) is 5. The van der Waals surface area contributed by atoms with E-state index >= 15 is 0 Å². The Morgan fingerprint density at radius 2 is 1.00 bits per heavy atom. The smallest absolute Gasteiger partial charge is 0.0536 e. The van der Waals surface area contributed by atoms with Gasteiger partial charge in [-0.15, -0.1) is 56.7 Å². The van der Waals surface area contributed by atoms with Crippen LogP contribution in [0.15, 0.2) is 60.7 Å². The predicted molar refractivity (Wildman–Crippen MR) is 219 cm³/mol. The van der Waals surface area contributed by atoms with E-state index in [-0.39, 0.29) is 0 Å². The lowest BCUT2D eigenvalue weighted by molar-refractivity contribution is 0.437. The SMILES string of the molecule is CC(C)CCCC(C)CCc1ccc(-c2ccc(-c3ccc4c(c3)sc3cc(-c5ccc(CCC(C)CCCC(C)C)s5)sc34)s2)s1. The van der Waals surface area contributed by atoms with Gasteiger partial charge in [-0.1, -0.05) is 92.2 Å². The standard InChI is InChI=1S/C42H52S5/c1-27(2)9-7-11-29(5)13-16-32-18-21-36(43-32)37-24-23-35(45-37)31-15-20-34-39(25-31)46-41-26-40(47-42(34)41)38-22-19-33(44-38)17-14-30(6)12-8-10-28(3)4/h15,18-30H,7-14,16-17H2,1-6H3. The molecule has 0 amide bonds. The molecule has 0 nitrogen and oxygen atoms in total. The highest BCUT2D eigenvalue weighted by molar-refractivity contribution is 7.35. The molecular formula is C42H52S5. The Kier molecular flexibility index (Phi) is 12.2. The lowest BCUT2D eigenvalue weighted by atomic mass is 9.96. The summed E-state index contributed by atoms with van der Waals surface area (Å²) >= 11 is 9.88. The summed E-state index contributed by atoms with van der Waals surface area (Å²) in [6.45, 7) is 14.2. The maximum absolute atomic E-state index is 2.44. The molecule has 6 rings (SSSR count). The van der Waals surface area contributed by atoms with Gasteiger partial charge < -0.3 is 0 Å². The number of benzene rings is 1. The molecule has 0 aliphatic rings. The van der Waals surface area contributed by atoms with Gasteiger partial charge in [-0.25, -0.2) is 0 Å². The van der Waals surface area contributed by atoms with Crippen LogP contribution in [0, 0.1) is 23.7 Å². The Balaban J connectivity index is 1.07. The first-order chi connectivity index (χ1) is 22.7. The highest BCUT2D eigenvalue weighted by Crippen LogP contribution is 2.46. The Morgan fingerprint density at radius 1 is 0.447 bits per heavy atom. The topological polar surface area (TPSA) is 0 Å². The van der Waals surface area contributed by atoms with Gasteiger partial charge in [-0.2, -0.15) is 0 Å². The molecular weight excluding hydrogens is 665 g/mol. The van der Waals surface area contributed by atoms with Gasteiger partial charge in [0.05, 0.1) is 4.70 Å². The van der Waals surface area contributed by atoms with E-state index in [1.54, 1.807) is 0 Å². The Bertz CT molecular complexity index is 1850. The Labute approximate surface area is 303 Å². The van der Waals surface area contributed by atoms with Crippen LogP contribution in [-0.4, -0.2) is 0 Å². The van der Waals surface area contributed by atoms with E-state index < -0.39 is 0 Å². The third kappa shape index (κ3) is 9.28. The third-order valence-electron chi connectivity index (χ3n) is 9.57. The molecule has 6 aromatic rings. The maximum Gasteiger partial charge on any atom is 0.0536 e. The van der Waals surface area contributed by atoms with Crippen molar-refractivity contribution in [3.05, 3.63) is 70.4 Å². The summed E-state index contributed by atoms with van der Waals surface area (Å²) in [6.07, 6.45) is 13.3. The molecule has 2 unspecified atom stereocenters. The minimum absolute atomic E-state index is 0.818. The monoisotopic (exact) mass is 716 g/mol. The largest absolute Gasteiger partial charge is 0.139 e. The van der Waals surface area contributed by atoms with E-state index in [9.17, 15) is 0 Å².